The van der Waals surface area contributed by atoms with E-state index in [1.165, 1.54) is 0 Å². The Bertz CT molecular complexity index is 772. The van der Waals surface area contributed by atoms with Gasteiger partial charge < -0.3 is 19.4 Å². The molecule has 0 amide bonds. The molecule has 0 saturated carbocycles. The van der Waals surface area contributed by atoms with Crippen LogP contribution in [-0.4, -0.2) is 48.0 Å². The van der Waals surface area contributed by atoms with Crippen LogP contribution in [0.25, 0.3) is 0 Å². The van der Waals surface area contributed by atoms with Crippen LogP contribution in [0.2, 0.25) is 0 Å². The number of hydrogen-bond acceptors (Lipinski definition) is 3. The van der Waals surface area contributed by atoms with Gasteiger partial charge in [-0.2, -0.15) is 0 Å². The number of likely N-dealkylation sites (N-methyl/N-ethyl adjacent to an activating group) is 1. The second-order valence-electron chi connectivity index (χ2n) is 8.09. The van der Waals surface area contributed by atoms with E-state index in [0.717, 1.165) is 47.3 Å². The molecule has 1 aromatic carbocycles. The highest BCUT2D eigenvalue weighted by molar-refractivity contribution is 5.59. The summed E-state index contributed by atoms with van der Waals surface area (Å²) in [4.78, 5) is 0. The number of hydrogen-bond donors (Lipinski definition) is 1. The van der Waals surface area contributed by atoms with Gasteiger partial charge in [0.15, 0.2) is 0 Å². The summed E-state index contributed by atoms with van der Waals surface area (Å²) < 4.78 is 7.12. The first-order chi connectivity index (χ1) is 11.5. The smallest absolute Gasteiger partial charge is 0.139 e. The van der Waals surface area contributed by atoms with E-state index in [2.05, 4.69) is 19.7 Å². The summed E-state index contributed by atoms with van der Waals surface area (Å²) in [5.41, 5.74) is 1.79. The third-order valence-electron chi connectivity index (χ3n) is 7.09. The monoisotopic (exact) mass is 325 g/mol. The Morgan fingerprint density at radius 2 is 2.29 bits per heavy atom. The Balaban J connectivity index is 1.79. The molecule has 0 radical (unpaired) electrons. The number of nitrogens with zero attached hydrogens (tertiary/aromatic N) is 1. The summed E-state index contributed by atoms with van der Waals surface area (Å²) in [5.74, 6) is 1.25. The molecule has 1 fully saturated rings. The number of likely N-dealkylation sites (tertiary alicyclic amines) is 1. The molecular formula is C20H23NO3. The SMILES string of the molecule is C=CC[N@+]1(C)CC[C@]23c4c5ccc([O-])c4C[C@H]1[C@@H]2C=C[C@H](O)C3O5. The number of ether oxygens (including phenoxy) is 1. The standard InChI is InChI=1S/C20H23NO3/c1-3-9-21(2)10-8-20-13-4-5-16(23)19(20)24-17-7-6-15(22)12(18(17)20)11-14(13)21/h3-7,13-14,16,19,23H,1,8-11H2,2H3/t13-,14-,16-,19?,20+,21+/m0/s1. The molecule has 1 unspecified atom stereocenters. The van der Waals surface area contributed by atoms with E-state index >= 15 is 0 Å². The van der Waals surface area contributed by atoms with Crippen molar-refractivity contribution < 1.29 is 19.4 Å². The fourth-order valence-electron chi connectivity index (χ4n) is 6.02. The van der Waals surface area contributed by atoms with Gasteiger partial charge in [0.05, 0.1) is 25.6 Å². The number of piperidine rings is 1. The summed E-state index contributed by atoms with van der Waals surface area (Å²) in [7, 11) is 2.28. The Morgan fingerprint density at radius 1 is 1.46 bits per heavy atom. The van der Waals surface area contributed by atoms with Gasteiger partial charge in [-0.25, -0.2) is 0 Å². The molecule has 1 N–H and O–H groups in total. The van der Waals surface area contributed by atoms with Crippen LogP contribution in [0.15, 0.2) is 36.9 Å². The fourth-order valence-corrected chi connectivity index (χ4v) is 6.02. The third-order valence-corrected chi connectivity index (χ3v) is 7.09. The van der Waals surface area contributed by atoms with Crippen LogP contribution in [0.5, 0.6) is 11.5 Å². The average Bonchev–Trinajstić information content (AvgIpc) is 2.90. The van der Waals surface area contributed by atoms with Gasteiger partial charge in [0, 0.05) is 24.3 Å². The van der Waals surface area contributed by atoms with E-state index < -0.39 is 6.10 Å². The highest BCUT2D eigenvalue weighted by Crippen LogP contribution is 2.62. The van der Waals surface area contributed by atoms with Gasteiger partial charge in [-0.15, -0.1) is 5.75 Å². The van der Waals surface area contributed by atoms with Crippen molar-refractivity contribution in [3.8, 4) is 11.5 Å². The van der Waals surface area contributed by atoms with Crippen LogP contribution in [0.3, 0.4) is 0 Å². The Hall–Kier alpha value is -1.78. The lowest BCUT2D eigenvalue weighted by Crippen LogP contribution is -2.71. The molecule has 5 rings (SSSR count). The van der Waals surface area contributed by atoms with Crippen LogP contribution >= 0.6 is 0 Å². The molecule has 2 aliphatic carbocycles. The van der Waals surface area contributed by atoms with Crippen molar-refractivity contribution in [3.05, 3.63) is 48.1 Å². The topological polar surface area (TPSA) is 52.5 Å². The summed E-state index contributed by atoms with van der Waals surface area (Å²) in [5, 5.41) is 23.2. The van der Waals surface area contributed by atoms with Crippen molar-refractivity contribution in [1.29, 1.82) is 0 Å². The largest absolute Gasteiger partial charge is 0.872 e. The molecular weight excluding hydrogens is 302 g/mol. The van der Waals surface area contributed by atoms with Gasteiger partial charge in [-0.05, 0) is 17.7 Å². The first-order valence-electron chi connectivity index (χ1n) is 8.83. The number of aliphatic hydroxyl groups excluding tert-OH is 1. The molecule has 126 valence electrons. The number of rotatable bonds is 2. The second kappa shape index (κ2) is 4.44. The number of quaternary nitrogens is 1. The van der Waals surface area contributed by atoms with E-state index in [1.54, 1.807) is 6.07 Å². The summed E-state index contributed by atoms with van der Waals surface area (Å²) in [6.07, 6.45) is 6.95. The molecule has 2 bridgehead atoms. The maximum atomic E-state index is 12.6. The summed E-state index contributed by atoms with van der Waals surface area (Å²) in [6.45, 7) is 5.88. The van der Waals surface area contributed by atoms with Gasteiger partial charge >= 0.3 is 0 Å². The lowest BCUT2D eigenvalue weighted by Gasteiger charge is -2.60. The minimum Gasteiger partial charge on any atom is -0.872 e. The third kappa shape index (κ3) is 1.47. The molecule has 6 atom stereocenters. The Labute approximate surface area is 142 Å². The van der Waals surface area contributed by atoms with Crippen LogP contribution in [0.1, 0.15) is 17.5 Å². The van der Waals surface area contributed by atoms with Crippen LogP contribution in [0.4, 0.5) is 0 Å². The lowest BCUT2D eigenvalue weighted by molar-refractivity contribution is -0.938. The van der Waals surface area contributed by atoms with Gasteiger partial charge in [0.1, 0.15) is 24.0 Å². The van der Waals surface area contributed by atoms with Crippen molar-refractivity contribution in [2.75, 3.05) is 20.1 Å². The van der Waals surface area contributed by atoms with E-state index in [4.69, 9.17) is 4.74 Å². The minimum absolute atomic E-state index is 0.122. The van der Waals surface area contributed by atoms with Crippen molar-refractivity contribution in [2.24, 2.45) is 5.92 Å². The van der Waals surface area contributed by atoms with E-state index in [-0.39, 0.29) is 17.3 Å². The van der Waals surface area contributed by atoms with Crippen molar-refractivity contribution in [2.45, 2.75) is 36.5 Å². The van der Waals surface area contributed by atoms with Crippen LogP contribution < -0.4 is 9.84 Å². The van der Waals surface area contributed by atoms with Gasteiger partial charge in [-0.3, -0.25) is 0 Å². The highest BCUT2D eigenvalue weighted by atomic mass is 16.5. The quantitative estimate of drug-likeness (QED) is 0.658. The fraction of sp³-hybridized carbons (Fsp3) is 0.500. The van der Waals surface area contributed by atoms with Crippen molar-refractivity contribution >= 4 is 0 Å². The zero-order valence-corrected chi connectivity index (χ0v) is 13.9. The van der Waals surface area contributed by atoms with Gasteiger partial charge in [-0.1, -0.05) is 24.8 Å². The van der Waals surface area contributed by atoms with E-state index in [9.17, 15) is 10.2 Å². The number of benzene rings is 1. The molecule has 2 heterocycles. The molecule has 24 heavy (non-hydrogen) atoms. The van der Waals surface area contributed by atoms with Crippen molar-refractivity contribution in [1.82, 2.24) is 0 Å². The van der Waals surface area contributed by atoms with Crippen molar-refractivity contribution in [3.63, 3.8) is 0 Å². The first kappa shape index (κ1) is 14.6. The maximum absolute atomic E-state index is 12.6. The van der Waals surface area contributed by atoms with Gasteiger partial charge in [0.2, 0.25) is 0 Å². The van der Waals surface area contributed by atoms with E-state index in [1.807, 2.05) is 18.2 Å². The normalized spacial score (nSPS) is 43.9. The molecule has 4 aliphatic rings. The molecule has 1 spiro atoms. The molecule has 1 saturated heterocycles. The zero-order valence-electron chi connectivity index (χ0n) is 13.9. The predicted molar refractivity (Wildman–Crippen MR) is 88.8 cm³/mol. The Morgan fingerprint density at radius 3 is 3.08 bits per heavy atom. The molecule has 2 aliphatic heterocycles. The second-order valence-corrected chi connectivity index (χ2v) is 8.09. The number of aliphatic hydroxyl groups is 1. The highest BCUT2D eigenvalue weighted by Gasteiger charge is 2.67. The average molecular weight is 325 g/mol. The molecule has 4 heteroatoms. The van der Waals surface area contributed by atoms with Crippen LogP contribution in [0, 0.1) is 5.92 Å². The molecule has 4 nitrogen and oxygen atoms in total. The Kier molecular flexibility index (Phi) is 2.69. The molecule has 1 aromatic rings. The predicted octanol–water partition coefficient (Wildman–Crippen LogP) is 1.27. The maximum Gasteiger partial charge on any atom is 0.139 e. The summed E-state index contributed by atoms with van der Waals surface area (Å²) >= 11 is 0. The van der Waals surface area contributed by atoms with Crippen LogP contribution in [-0.2, 0) is 11.8 Å². The minimum atomic E-state index is -0.605. The lowest BCUT2D eigenvalue weighted by atomic mass is 9.52. The first-order valence-corrected chi connectivity index (χ1v) is 8.83. The van der Waals surface area contributed by atoms with E-state index in [0.29, 0.717) is 12.0 Å². The summed E-state index contributed by atoms with van der Waals surface area (Å²) in [6, 6.07) is 3.78. The molecule has 0 aromatic heterocycles. The van der Waals surface area contributed by atoms with Gasteiger partial charge in [0.25, 0.3) is 0 Å². The zero-order chi connectivity index (χ0) is 16.7.